The van der Waals surface area contributed by atoms with E-state index < -0.39 is 0 Å². The van der Waals surface area contributed by atoms with Gasteiger partial charge in [-0.3, -0.25) is 0 Å². The lowest BCUT2D eigenvalue weighted by Gasteiger charge is -2.59. The van der Waals surface area contributed by atoms with E-state index >= 15 is 0 Å². The van der Waals surface area contributed by atoms with Crippen LogP contribution in [0, 0.1) is 5.41 Å². The average molecular weight is 353 g/mol. The molecule has 2 heterocycles. The van der Waals surface area contributed by atoms with Crippen LogP contribution in [-0.4, -0.2) is 49.8 Å². The van der Waals surface area contributed by atoms with Gasteiger partial charge in [0.05, 0.1) is 37.6 Å². The number of ether oxygens (including phenoxy) is 4. The van der Waals surface area contributed by atoms with Crippen molar-refractivity contribution in [3.05, 3.63) is 0 Å². The third-order valence-electron chi connectivity index (χ3n) is 7.50. The Kier molecular flexibility index (Phi) is 5.18. The molecule has 0 bridgehead atoms. The van der Waals surface area contributed by atoms with Crippen LogP contribution in [0.2, 0.25) is 0 Å². The highest BCUT2D eigenvalue weighted by Crippen LogP contribution is 2.56. The molecule has 0 aromatic carbocycles. The third kappa shape index (κ3) is 3.65. The zero-order valence-corrected chi connectivity index (χ0v) is 16.2. The molecule has 2 aliphatic heterocycles. The minimum Gasteiger partial charge on any atom is -0.372 e. The van der Waals surface area contributed by atoms with Crippen LogP contribution in [0.4, 0.5) is 0 Å². The van der Waals surface area contributed by atoms with Crippen molar-refractivity contribution in [1.82, 2.24) is 0 Å². The van der Waals surface area contributed by atoms with Gasteiger partial charge in [-0.05, 0) is 25.7 Å². The quantitative estimate of drug-likeness (QED) is 0.613. The van der Waals surface area contributed by atoms with Crippen molar-refractivity contribution >= 4 is 0 Å². The van der Waals surface area contributed by atoms with Crippen LogP contribution in [0.25, 0.3) is 0 Å². The molecular formula is C21H36O4. The van der Waals surface area contributed by atoms with E-state index in [1.807, 2.05) is 0 Å². The highest BCUT2D eigenvalue weighted by molar-refractivity contribution is 5.09. The van der Waals surface area contributed by atoms with E-state index in [-0.39, 0.29) is 16.6 Å². The zero-order chi connectivity index (χ0) is 17.4. The van der Waals surface area contributed by atoms with Gasteiger partial charge in [-0.1, -0.05) is 52.4 Å². The molecule has 0 spiro atoms. The van der Waals surface area contributed by atoms with Gasteiger partial charge in [0.1, 0.15) is 12.2 Å². The van der Waals surface area contributed by atoms with E-state index in [2.05, 4.69) is 13.8 Å². The predicted molar refractivity (Wildman–Crippen MR) is 96.8 cm³/mol. The summed E-state index contributed by atoms with van der Waals surface area (Å²) in [7, 11) is 0. The lowest BCUT2D eigenvalue weighted by atomic mass is 9.55. The Balaban J connectivity index is 1.57. The molecule has 2 aliphatic carbocycles. The summed E-state index contributed by atoms with van der Waals surface area (Å²) in [5.41, 5.74) is -0.136. The largest absolute Gasteiger partial charge is 0.372 e. The Morgan fingerprint density at radius 2 is 1.08 bits per heavy atom. The van der Waals surface area contributed by atoms with Crippen LogP contribution in [0.15, 0.2) is 0 Å². The van der Waals surface area contributed by atoms with Crippen LogP contribution in [-0.2, 0) is 18.9 Å². The van der Waals surface area contributed by atoms with Gasteiger partial charge in [0.25, 0.3) is 0 Å². The second kappa shape index (κ2) is 7.10. The van der Waals surface area contributed by atoms with Crippen molar-refractivity contribution in [1.29, 1.82) is 0 Å². The SMILES string of the molecule is CC(C)(C1(OCC2CO2)CCCCC1)C1(OCC2CO2)CCCCC1. The minimum absolute atomic E-state index is 0.00458. The normalized spacial score (nSPS) is 33.8. The van der Waals surface area contributed by atoms with Gasteiger partial charge >= 0.3 is 0 Å². The van der Waals surface area contributed by atoms with Crippen molar-refractivity contribution in [3.63, 3.8) is 0 Å². The van der Waals surface area contributed by atoms with Gasteiger partial charge in [-0.2, -0.15) is 0 Å². The maximum atomic E-state index is 6.72. The molecule has 144 valence electrons. The van der Waals surface area contributed by atoms with E-state index in [0.29, 0.717) is 12.2 Å². The summed E-state index contributed by atoms with van der Waals surface area (Å²) in [6.07, 6.45) is 13.1. The Morgan fingerprint density at radius 3 is 1.40 bits per heavy atom. The number of hydrogen-bond donors (Lipinski definition) is 0. The molecule has 4 heteroatoms. The standard InChI is InChI=1S/C21H36O4/c1-19(2,20(9-5-3-6-10-20)24-15-17-13-22-17)21(11-7-4-8-12-21)25-16-18-14-23-18/h17-18H,3-16H2,1-2H3. The fraction of sp³-hybridized carbons (Fsp3) is 1.00. The van der Waals surface area contributed by atoms with Gasteiger partial charge in [-0.15, -0.1) is 0 Å². The van der Waals surface area contributed by atoms with E-state index in [9.17, 15) is 0 Å². The molecule has 2 atom stereocenters. The summed E-state index contributed by atoms with van der Waals surface area (Å²) < 4.78 is 24.3. The molecule has 0 aromatic rings. The lowest BCUT2D eigenvalue weighted by Crippen LogP contribution is -2.62. The number of epoxide rings is 2. The van der Waals surface area contributed by atoms with Crippen LogP contribution in [0.5, 0.6) is 0 Å². The average Bonchev–Trinajstić information content (AvgIpc) is 3.54. The highest BCUT2D eigenvalue weighted by Gasteiger charge is 2.59. The first-order valence-electron chi connectivity index (χ1n) is 10.6. The van der Waals surface area contributed by atoms with Gasteiger partial charge < -0.3 is 18.9 Å². The molecular weight excluding hydrogens is 316 g/mol. The second-order valence-electron chi connectivity index (χ2n) is 9.27. The van der Waals surface area contributed by atoms with Crippen molar-refractivity contribution in [2.75, 3.05) is 26.4 Å². The molecule has 4 rings (SSSR count). The van der Waals surface area contributed by atoms with Gasteiger partial charge in [-0.25, -0.2) is 0 Å². The van der Waals surface area contributed by atoms with Crippen LogP contribution in [0.3, 0.4) is 0 Å². The van der Waals surface area contributed by atoms with Crippen molar-refractivity contribution in [3.8, 4) is 0 Å². The first-order valence-corrected chi connectivity index (χ1v) is 10.6. The number of rotatable bonds is 8. The smallest absolute Gasteiger partial charge is 0.104 e. The fourth-order valence-corrected chi connectivity index (χ4v) is 5.39. The Bertz CT molecular complexity index is 401. The Labute approximate surface area is 152 Å². The second-order valence-corrected chi connectivity index (χ2v) is 9.27. The first-order chi connectivity index (χ1) is 12.1. The van der Waals surface area contributed by atoms with Gasteiger partial charge in [0.15, 0.2) is 0 Å². The maximum absolute atomic E-state index is 6.72. The Morgan fingerprint density at radius 1 is 0.720 bits per heavy atom. The van der Waals surface area contributed by atoms with Crippen molar-refractivity contribution in [2.45, 2.75) is 101 Å². The highest BCUT2D eigenvalue weighted by atomic mass is 16.6. The molecule has 4 fully saturated rings. The van der Waals surface area contributed by atoms with Crippen molar-refractivity contribution < 1.29 is 18.9 Å². The van der Waals surface area contributed by atoms with Crippen LogP contribution >= 0.6 is 0 Å². The fourth-order valence-electron chi connectivity index (χ4n) is 5.39. The van der Waals surface area contributed by atoms with E-state index in [4.69, 9.17) is 18.9 Å². The summed E-state index contributed by atoms with van der Waals surface area (Å²) >= 11 is 0. The molecule has 2 saturated carbocycles. The van der Waals surface area contributed by atoms with E-state index in [1.54, 1.807) is 0 Å². The van der Waals surface area contributed by atoms with E-state index in [1.165, 1.54) is 38.5 Å². The zero-order valence-electron chi connectivity index (χ0n) is 16.2. The maximum Gasteiger partial charge on any atom is 0.104 e. The minimum atomic E-state index is -0.0705. The van der Waals surface area contributed by atoms with Gasteiger partial charge in [0.2, 0.25) is 0 Å². The lowest BCUT2D eigenvalue weighted by molar-refractivity contribution is -0.245. The summed E-state index contributed by atoms with van der Waals surface area (Å²) in [6, 6.07) is 0. The van der Waals surface area contributed by atoms with Crippen LogP contribution in [0.1, 0.15) is 78.1 Å². The topological polar surface area (TPSA) is 43.5 Å². The van der Waals surface area contributed by atoms with Gasteiger partial charge in [0, 0.05) is 5.41 Å². The number of hydrogen-bond acceptors (Lipinski definition) is 4. The molecule has 4 nitrogen and oxygen atoms in total. The summed E-state index contributed by atoms with van der Waals surface area (Å²) in [5, 5.41) is 0. The molecule has 2 saturated heterocycles. The monoisotopic (exact) mass is 352 g/mol. The molecule has 2 unspecified atom stereocenters. The Hall–Kier alpha value is -0.160. The summed E-state index contributed by atoms with van der Waals surface area (Å²) in [6.45, 7) is 8.13. The first kappa shape index (κ1) is 18.2. The molecule has 0 radical (unpaired) electrons. The predicted octanol–water partition coefficient (Wildman–Crippen LogP) is 4.25. The molecule has 0 N–H and O–H groups in total. The molecule has 4 aliphatic rings. The van der Waals surface area contributed by atoms with Crippen molar-refractivity contribution in [2.24, 2.45) is 5.41 Å². The molecule has 0 aromatic heterocycles. The molecule has 25 heavy (non-hydrogen) atoms. The van der Waals surface area contributed by atoms with E-state index in [0.717, 1.165) is 52.1 Å². The third-order valence-corrected chi connectivity index (χ3v) is 7.50. The van der Waals surface area contributed by atoms with Crippen LogP contribution < -0.4 is 0 Å². The summed E-state index contributed by atoms with van der Waals surface area (Å²) in [5.74, 6) is 0. The molecule has 0 amide bonds. The summed E-state index contributed by atoms with van der Waals surface area (Å²) in [4.78, 5) is 0.